The molecule has 1 saturated carbocycles. The Morgan fingerprint density at radius 2 is 2.31 bits per heavy atom. The van der Waals surface area contributed by atoms with Crippen LogP contribution in [-0.2, 0) is 6.42 Å². The Hall–Kier alpha value is -1.82. The van der Waals surface area contributed by atoms with Crippen LogP contribution in [0.15, 0.2) is 22.6 Å². The van der Waals surface area contributed by atoms with Gasteiger partial charge in [0.2, 0.25) is 0 Å². The highest BCUT2D eigenvalue weighted by molar-refractivity contribution is 5.73. The van der Waals surface area contributed by atoms with E-state index in [4.69, 9.17) is 9.68 Å². The van der Waals surface area contributed by atoms with Gasteiger partial charge in [-0.1, -0.05) is 6.07 Å². The normalized spacial score (nSPS) is 17.2. The van der Waals surface area contributed by atoms with Crippen LogP contribution >= 0.6 is 0 Å². The predicted molar refractivity (Wildman–Crippen MR) is 59.7 cm³/mol. The number of rotatable bonds is 2. The third kappa shape index (κ3) is 1.47. The Bertz CT molecular complexity index is 587. The second-order valence-electron chi connectivity index (χ2n) is 4.60. The van der Waals surface area contributed by atoms with Crippen LogP contribution in [-0.4, -0.2) is 4.98 Å². The predicted octanol–water partition coefficient (Wildman–Crippen LogP) is 2.98. The quantitative estimate of drug-likeness (QED) is 0.768. The van der Waals surface area contributed by atoms with Gasteiger partial charge in [-0.15, -0.1) is 0 Å². The number of oxazole rings is 1. The first-order valence-corrected chi connectivity index (χ1v) is 5.48. The molecule has 0 unspecified atom stereocenters. The first-order chi connectivity index (χ1) is 7.71. The maximum absolute atomic E-state index is 9.05. The minimum absolute atomic E-state index is 0.0908. The molecule has 0 radical (unpaired) electrons. The molecule has 0 amide bonds. The fraction of sp³-hybridized carbons (Fsp3) is 0.385. The van der Waals surface area contributed by atoms with Crippen molar-refractivity contribution in [2.75, 3.05) is 0 Å². The molecule has 1 fully saturated rings. The van der Waals surface area contributed by atoms with Gasteiger partial charge in [-0.3, -0.25) is 0 Å². The molecule has 0 saturated heterocycles. The summed E-state index contributed by atoms with van der Waals surface area (Å²) in [6.45, 7) is 1.84. The van der Waals surface area contributed by atoms with Crippen LogP contribution in [0.5, 0.6) is 0 Å². The van der Waals surface area contributed by atoms with Gasteiger partial charge in [0.15, 0.2) is 11.5 Å². The topological polar surface area (TPSA) is 49.8 Å². The summed E-state index contributed by atoms with van der Waals surface area (Å²) >= 11 is 0. The van der Waals surface area contributed by atoms with Gasteiger partial charge in [0.05, 0.1) is 11.5 Å². The van der Waals surface area contributed by atoms with Crippen molar-refractivity contribution < 1.29 is 4.42 Å². The van der Waals surface area contributed by atoms with Crippen LogP contribution in [0.1, 0.15) is 24.3 Å². The third-order valence-corrected chi connectivity index (χ3v) is 3.19. The highest BCUT2D eigenvalue weighted by Crippen LogP contribution is 2.47. The average Bonchev–Trinajstić information content (AvgIpc) is 2.93. The van der Waals surface area contributed by atoms with E-state index in [0.717, 1.165) is 30.4 Å². The largest absolute Gasteiger partial charge is 0.441 e. The molecular weight excluding hydrogens is 200 g/mol. The van der Waals surface area contributed by atoms with Gasteiger partial charge in [-0.25, -0.2) is 4.98 Å². The van der Waals surface area contributed by atoms with Crippen molar-refractivity contribution in [2.24, 2.45) is 5.41 Å². The van der Waals surface area contributed by atoms with Gasteiger partial charge in [0.1, 0.15) is 5.52 Å². The van der Waals surface area contributed by atoms with Gasteiger partial charge in [-0.2, -0.15) is 5.26 Å². The monoisotopic (exact) mass is 212 g/mol. The van der Waals surface area contributed by atoms with Crippen LogP contribution in [0.2, 0.25) is 0 Å². The summed E-state index contributed by atoms with van der Waals surface area (Å²) < 4.78 is 5.42. The fourth-order valence-electron chi connectivity index (χ4n) is 2.07. The zero-order valence-electron chi connectivity index (χ0n) is 9.16. The molecule has 1 aliphatic rings. The van der Waals surface area contributed by atoms with Crippen molar-refractivity contribution >= 4 is 11.1 Å². The second-order valence-corrected chi connectivity index (χ2v) is 4.60. The molecule has 0 spiro atoms. The van der Waals surface area contributed by atoms with Crippen LogP contribution in [0, 0.1) is 23.7 Å². The molecule has 3 nitrogen and oxygen atoms in total. The van der Waals surface area contributed by atoms with Gasteiger partial charge in [0, 0.05) is 6.92 Å². The Kier molecular flexibility index (Phi) is 1.81. The van der Waals surface area contributed by atoms with E-state index in [2.05, 4.69) is 11.1 Å². The zero-order chi connectivity index (χ0) is 11.2. The first-order valence-electron chi connectivity index (χ1n) is 5.48. The van der Waals surface area contributed by atoms with Gasteiger partial charge < -0.3 is 4.42 Å². The van der Waals surface area contributed by atoms with E-state index in [0.29, 0.717) is 5.89 Å². The molecule has 16 heavy (non-hydrogen) atoms. The molecule has 0 bridgehead atoms. The number of fused-ring (bicyclic) bond motifs is 1. The average molecular weight is 212 g/mol. The van der Waals surface area contributed by atoms with E-state index in [1.165, 1.54) is 5.56 Å². The van der Waals surface area contributed by atoms with E-state index >= 15 is 0 Å². The molecular formula is C13H12N2O. The Balaban J connectivity index is 1.96. The SMILES string of the molecule is Cc1nc2cc(CC3(C#N)CC3)ccc2o1. The summed E-state index contributed by atoms with van der Waals surface area (Å²) in [5, 5.41) is 9.05. The molecule has 1 aliphatic carbocycles. The zero-order valence-corrected chi connectivity index (χ0v) is 9.16. The van der Waals surface area contributed by atoms with Crippen molar-refractivity contribution in [3.63, 3.8) is 0 Å². The van der Waals surface area contributed by atoms with E-state index in [-0.39, 0.29) is 5.41 Å². The number of hydrogen-bond acceptors (Lipinski definition) is 3. The Labute approximate surface area is 93.7 Å². The molecule has 1 aromatic heterocycles. The van der Waals surface area contributed by atoms with Crippen LogP contribution in [0.25, 0.3) is 11.1 Å². The first kappa shape index (κ1) is 9.41. The number of aromatic nitrogens is 1. The summed E-state index contributed by atoms with van der Waals surface area (Å²) in [5.41, 5.74) is 2.80. The van der Waals surface area contributed by atoms with Crippen molar-refractivity contribution in [1.29, 1.82) is 5.26 Å². The van der Waals surface area contributed by atoms with Crippen LogP contribution in [0.4, 0.5) is 0 Å². The third-order valence-electron chi connectivity index (χ3n) is 3.19. The van der Waals surface area contributed by atoms with E-state index in [1.54, 1.807) is 0 Å². The lowest BCUT2D eigenvalue weighted by molar-refractivity contribution is 0.561. The van der Waals surface area contributed by atoms with Crippen molar-refractivity contribution in [2.45, 2.75) is 26.2 Å². The lowest BCUT2D eigenvalue weighted by Gasteiger charge is -2.04. The van der Waals surface area contributed by atoms with Crippen molar-refractivity contribution in [3.05, 3.63) is 29.7 Å². The maximum Gasteiger partial charge on any atom is 0.192 e. The summed E-state index contributed by atoms with van der Waals surface area (Å²) in [4.78, 5) is 4.30. The molecule has 1 aromatic carbocycles. The second kappa shape index (κ2) is 3.08. The fourth-order valence-corrected chi connectivity index (χ4v) is 2.07. The lowest BCUT2D eigenvalue weighted by atomic mass is 9.98. The number of aryl methyl sites for hydroxylation is 1. The highest BCUT2D eigenvalue weighted by atomic mass is 16.3. The summed E-state index contributed by atoms with van der Waals surface area (Å²) in [7, 11) is 0. The number of hydrogen-bond donors (Lipinski definition) is 0. The van der Waals surface area contributed by atoms with Gasteiger partial charge in [-0.05, 0) is 37.0 Å². The Morgan fingerprint density at radius 3 is 3.00 bits per heavy atom. The van der Waals surface area contributed by atoms with Crippen molar-refractivity contribution in [1.82, 2.24) is 4.98 Å². The standard InChI is InChI=1S/C13H12N2O/c1-9-15-11-6-10(2-3-12(11)16-9)7-13(8-14)4-5-13/h2-3,6H,4-5,7H2,1H3. The molecule has 1 heterocycles. The summed E-state index contributed by atoms with van der Waals surface area (Å²) in [6, 6.07) is 8.42. The van der Waals surface area contributed by atoms with Gasteiger partial charge in [0.25, 0.3) is 0 Å². The summed E-state index contributed by atoms with van der Waals surface area (Å²) in [6.07, 6.45) is 2.89. The van der Waals surface area contributed by atoms with E-state index in [1.807, 2.05) is 25.1 Å². The summed E-state index contributed by atoms with van der Waals surface area (Å²) in [5.74, 6) is 0.688. The Morgan fingerprint density at radius 1 is 1.50 bits per heavy atom. The lowest BCUT2D eigenvalue weighted by Crippen LogP contribution is -2.00. The molecule has 2 aromatic rings. The van der Waals surface area contributed by atoms with Gasteiger partial charge >= 0.3 is 0 Å². The smallest absolute Gasteiger partial charge is 0.192 e. The number of benzene rings is 1. The van der Waals surface area contributed by atoms with Crippen LogP contribution < -0.4 is 0 Å². The molecule has 3 rings (SSSR count). The molecule has 0 N–H and O–H groups in total. The number of nitriles is 1. The molecule has 3 heteroatoms. The minimum Gasteiger partial charge on any atom is -0.441 e. The van der Waals surface area contributed by atoms with Crippen molar-refractivity contribution in [3.8, 4) is 6.07 Å². The van der Waals surface area contributed by atoms with Crippen LogP contribution in [0.3, 0.4) is 0 Å². The minimum atomic E-state index is -0.0908. The highest BCUT2D eigenvalue weighted by Gasteiger charge is 2.42. The maximum atomic E-state index is 9.05. The molecule has 0 atom stereocenters. The van der Waals surface area contributed by atoms with E-state index < -0.39 is 0 Å². The van der Waals surface area contributed by atoms with E-state index in [9.17, 15) is 0 Å². The number of nitrogens with zero attached hydrogens (tertiary/aromatic N) is 2. The molecule has 0 aliphatic heterocycles. The molecule has 80 valence electrons.